The molecule has 0 amide bonds. The van der Waals surface area contributed by atoms with Crippen LogP contribution in [0.25, 0.3) is 11.0 Å². The van der Waals surface area contributed by atoms with E-state index >= 15 is 0 Å². The highest BCUT2D eigenvalue weighted by atomic mass is 15.1. The number of aromatic nitrogens is 3. The van der Waals surface area contributed by atoms with Crippen LogP contribution in [0.5, 0.6) is 0 Å². The van der Waals surface area contributed by atoms with Gasteiger partial charge in [-0.3, -0.25) is 0 Å². The molecule has 92 valence electrons. The van der Waals surface area contributed by atoms with Crippen LogP contribution >= 0.6 is 0 Å². The predicted octanol–water partition coefficient (Wildman–Crippen LogP) is 2.67. The SMILES string of the molecule is CC(C)C(C)CNc1nccc2c1ncn2C. The summed E-state index contributed by atoms with van der Waals surface area (Å²) in [5.74, 6) is 2.18. The first-order valence-corrected chi connectivity index (χ1v) is 6.09. The number of fused-ring (bicyclic) bond motifs is 1. The first kappa shape index (κ1) is 11.9. The van der Waals surface area contributed by atoms with Gasteiger partial charge in [0.1, 0.15) is 5.52 Å². The van der Waals surface area contributed by atoms with Crippen LogP contribution in [0.3, 0.4) is 0 Å². The third kappa shape index (κ3) is 2.40. The maximum atomic E-state index is 4.38. The number of hydrogen-bond donors (Lipinski definition) is 1. The van der Waals surface area contributed by atoms with Crippen LogP contribution in [-0.4, -0.2) is 21.1 Å². The largest absolute Gasteiger partial charge is 0.368 e. The first-order valence-electron chi connectivity index (χ1n) is 6.09. The Balaban J connectivity index is 2.19. The van der Waals surface area contributed by atoms with Gasteiger partial charge in [0.15, 0.2) is 5.82 Å². The molecule has 0 bridgehead atoms. The zero-order valence-corrected chi connectivity index (χ0v) is 10.9. The maximum Gasteiger partial charge on any atom is 0.154 e. The van der Waals surface area contributed by atoms with Gasteiger partial charge in [-0.25, -0.2) is 9.97 Å². The Kier molecular flexibility index (Phi) is 3.31. The third-order valence-electron chi connectivity index (χ3n) is 3.37. The molecule has 1 N–H and O–H groups in total. The minimum absolute atomic E-state index is 0.621. The van der Waals surface area contributed by atoms with Crippen LogP contribution in [0.1, 0.15) is 20.8 Å². The second kappa shape index (κ2) is 4.73. The van der Waals surface area contributed by atoms with Gasteiger partial charge in [-0.2, -0.15) is 0 Å². The fourth-order valence-corrected chi connectivity index (χ4v) is 1.68. The summed E-state index contributed by atoms with van der Waals surface area (Å²) >= 11 is 0. The zero-order chi connectivity index (χ0) is 12.4. The number of nitrogens with one attached hydrogen (secondary N) is 1. The van der Waals surface area contributed by atoms with Gasteiger partial charge in [-0.05, 0) is 17.9 Å². The van der Waals surface area contributed by atoms with E-state index in [1.807, 2.05) is 30.2 Å². The summed E-state index contributed by atoms with van der Waals surface area (Å²) in [5, 5.41) is 3.40. The number of pyridine rings is 1. The van der Waals surface area contributed by atoms with Crippen molar-refractivity contribution >= 4 is 16.9 Å². The molecule has 4 nitrogen and oxygen atoms in total. The fourth-order valence-electron chi connectivity index (χ4n) is 1.68. The van der Waals surface area contributed by atoms with E-state index in [1.54, 1.807) is 0 Å². The highest BCUT2D eigenvalue weighted by Gasteiger charge is 2.10. The molecule has 4 heteroatoms. The average molecular weight is 232 g/mol. The van der Waals surface area contributed by atoms with Crippen molar-refractivity contribution in [3.63, 3.8) is 0 Å². The average Bonchev–Trinajstić information content (AvgIpc) is 2.69. The summed E-state index contributed by atoms with van der Waals surface area (Å²) < 4.78 is 2.01. The molecule has 17 heavy (non-hydrogen) atoms. The van der Waals surface area contributed by atoms with Crippen molar-refractivity contribution in [3.05, 3.63) is 18.6 Å². The lowest BCUT2D eigenvalue weighted by Crippen LogP contribution is -2.17. The molecule has 0 radical (unpaired) electrons. The molecule has 0 saturated carbocycles. The molecule has 2 aromatic heterocycles. The monoisotopic (exact) mass is 232 g/mol. The van der Waals surface area contributed by atoms with E-state index in [-0.39, 0.29) is 0 Å². The lowest BCUT2D eigenvalue weighted by molar-refractivity contribution is 0.439. The van der Waals surface area contributed by atoms with E-state index in [0.29, 0.717) is 11.8 Å². The summed E-state index contributed by atoms with van der Waals surface area (Å²) in [6.45, 7) is 7.65. The molecule has 2 aromatic rings. The smallest absolute Gasteiger partial charge is 0.154 e. The summed E-state index contributed by atoms with van der Waals surface area (Å²) in [6.07, 6.45) is 3.65. The maximum absolute atomic E-state index is 4.38. The Morgan fingerprint density at radius 1 is 1.29 bits per heavy atom. The van der Waals surface area contributed by atoms with Crippen molar-refractivity contribution in [2.24, 2.45) is 18.9 Å². The predicted molar refractivity (Wildman–Crippen MR) is 71.0 cm³/mol. The molecule has 0 spiro atoms. The zero-order valence-electron chi connectivity index (χ0n) is 10.9. The van der Waals surface area contributed by atoms with Crippen molar-refractivity contribution in [1.29, 1.82) is 0 Å². The molecular formula is C13H20N4. The van der Waals surface area contributed by atoms with Crippen molar-refractivity contribution in [2.45, 2.75) is 20.8 Å². The summed E-state index contributed by atoms with van der Waals surface area (Å²) in [5.41, 5.74) is 2.06. The van der Waals surface area contributed by atoms with Crippen molar-refractivity contribution in [3.8, 4) is 0 Å². The summed E-state index contributed by atoms with van der Waals surface area (Å²) in [7, 11) is 2.00. The fraction of sp³-hybridized carbons (Fsp3) is 0.538. The Labute approximate surface area is 102 Å². The molecule has 2 heterocycles. The van der Waals surface area contributed by atoms with Crippen molar-refractivity contribution in [1.82, 2.24) is 14.5 Å². The molecule has 0 aliphatic heterocycles. The van der Waals surface area contributed by atoms with Crippen LogP contribution in [0.4, 0.5) is 5.82 Å². The minimum atomic E-state index is 0.621. The Morgan fingerprint density at radius 3 is 2.76 bits per heavy atom. The second-order valence-electron chi connectivity index (χ2n) is 4.98. The normalized spacial score (nSPS) is 13.2. The molecule has 0 aliphatic rings. The van der Waals surface area contributed by atoms with Crippen LogP contribution in [0.2, 0.25) is 0 Å². The van der Waals surface area contributed by atoms with Crippen molar-refractivity contribution in [2.75, 3.05) is 11.9 Å². The van der Waals surface area contributed by atoms with Gasteiger partial charge in [0, 0.05) is 19.8 Å². The van der Waals surface area contributed by atoms with Crippen LogP contribution in [-0.2, 0) is 7.05 Å². The highest BCUT2D eigenvalue weighted by Crippen LogP contribution is 2.19. The Bertz CT molecular complexity index is 501. The number of rotatable bonds is 4. The number of hydrogen-bond acceptors (Lipinski definition) is 3. The van der Waals surface area contributed by atoms with Gasteiger partial charge < -0.3 is 9.88 Å². The lowest BCUT2D eigenvalue weighted by atomic mass is 9.98. The van der Waals surface area contributed by atoms with Gasteiger partial charge in [0.2, 0.25) is 0 Å². The summed E-state index contributed by atoms with van der Waals surface area (Å²) in [4.78, 5) is 8.74. The lowest BCUT2D eigenvalue weighted by Gasteiger charge is -2.16. The van der Waals surface area contributed by atoms with Crippen LogP contribution in [0.15, 0.2) is 18.6 Å². The van der Waals surface area contributed by atoms with Gasteiger partial charge >= 0.3 is 0 Å². The molecular weight excluding hydrogens is 212 g/mol. The standard InChI is InChI=1S/C13H20N4/c1-9(2)10(3)7-15-13-12-11(5-6-14-13)17(4)8-16-12/h5-6,8-10H,7H2,1-4H3,(H,14,15). The Morgan fingerprint density at radius 2 is 2.06 bits per heavy atom. The van der Waals surface area contributed by atoms with Crippen LogP contribution < -0.4 is 5.32 Å². The molecule has 1 unspecified atom stereocenters. The number of aryl methyl sites for hydroxylation is 1. The molecule has 0 fully saturated rings. The van der Waals surface area contributed by atoms with Crippen LogP contribution in [0, 0.1) is 11.8 Å². The van der Waals surface area contributed by atoms with Gasteiger partial charge in [-0.1, -0.05) is 20.8 Å². The van der Waals surface area contributed by atoms with Gasteiger partial charge in [-0.15, -0.1) is 0 Å². The summed E-state index contributed by atoms with van der Waals surface area (Å²) in [6, 6.07) is 1.99. The van der Waals surface area contributed by atoms with Gasteiger partial charge in [0.05, 0.1) is 11.8 Å². The highest BCUT2D eigenvalue weighted by molar-refractivity contribution is 5.85. The van der Waals surface area contributed by atoms with E-state index in [0.717, 1.165) is 23.4 Å². The van der Waals surface area contributed by atoms with E-state index in [4.69, 9.17) is 0 Å². The van der Waals surface area contributed by atoms with Crippen molar-refractivity contribution < 1.29 is 0 Å². The number of anilines is 1. The number of nitrogens with zero attached hydrogens (tertiary/aromatic N) is 3. The topological polar surface area (TPSA) is 42.7 Å². The molecule has 1 atom stereocenters. The van der Waals surface area contributed by atoms with E-state index < -0.39 is 0 Å². The molecule has 0 aromatic carbocycles. The first-order chi connectivity index (χ1) is 8.09. The second-order valence-corrected chi connectivity index (χ2v) is 4.98. The number of imidazole rings is 1. The van der Waals surface area contributed by atoms with Gasteiger partial charge in [0.25, 0.3) is 0 Å². The third-order valence-corrected chi connectivity index (χ3v) is 3.37. The quantitative estimate of drug-likeness (QED) is 0.881. The minimum Gasteiger partial charge on any atom is -0.368 e. The molecule has 0 aliphatic carbocycles. The van der Waals surface area contributed by atoms with E-state index in [1.165, 1.54) is 0 Å². The van der Waals surface area contributed by atoms with E-state index in [9.17, 15) is 0 Å². The molecule has 2 rings (SSSR count). The Hall–Kier alpha value is -1.58. The van der Waals surface area contributed by atoms with E-state index in [2.05, 4.69) is 36.1 Å². The molecule has 0 saturated heterocycles.